The summed E-state index contributed by atoms with van der Waals surface area (Å²) in [6, 6.07) is 11.5. The Balaban J connectivity index is 2.09. The van der Waals surface area contributed by atoms with E-state index in [1.54, 1.807) is 12.4 Å². The van der Waals surface area contributed by atoms with Crippen LogP contribution in [0.15, 0.2) is 58.7 Å². The second-order valence-corrected chi connectivity index (χ2v) is 6.22. The first kappa shape index (κ1) is 15.6. The number of rotatable bonds is 5. The van der Waals surface area contributed by atoms with Crippen molar-refractivity contribution in [3.63, 3.8) is 0 Å². The first-order chi connectivity index (χ1) is 11.1. The number of aliphatic carboxylic acids is 1. The largest absolute Gasteiger partial charge is 0.481 e. The lowest BCUT2D eigenvalue weighted by Crippen LogP contribution is -1.98. The van der Waals surface area contributed by atoms with Crippen LogP contribution in [-0.4, -0.2) is 32.0 Å². The highest BCUT2D eigenvalue weighted by atomic mass is 32.2. The molecule has 0 radical (unpaired) electrons. The lowest BCUT2D eigenvalue weighted by atomic mass is 10.0. The molecule has 23 heavy (non-hydrogen) atoms. The van der Waals surface area contributed by atoms with Gasteiger partial charge in [-0.3, -0.25) is 14.9 Å². The highest BCUT2D eigenvalue weighted by Crippen LogP contribution is 2.37. The zero-order valence-corrected chi connectivity index (χ0v) is 13.6. The number of aromatic amines is 1. The van der Waals surface area contributed by atoms with Crippen LogP contribution in [0, 0.1) is 0 Å². The minimum Gasteiger partial charge on any atom is -0.481 e. The number of benzene rings is 1. The molecule has 0 amide bonds. The van der Waals surface area contributed by atoms with E-state index in [0.717, 1.165) is 27.3 Å². The van der Waals surface area contributed by atoms with Gasteiger partial charge in [0.15, 0.2) is 0 Å². The Morgan fingerprint density at radius 3 is 2.48 bits per heavy atom. The van der Waals surface area contributed by atoms with Gasteiger partial charge in [0.1, 0.15) is 5.03 Å². The Morgan fingerprint density at radius 1 is 1.13 bits per heavy atom. The van der Waals surface area contributed by atoms with E-state index in [1.165, 1.54) is 11.8 Å². The fourth-order valence-corrected chi connectivity index (χ4v) is 3.07. The molecule has 2 heterocycles. The molecule has 7 heteroatoms. The summed E-state index contributed by atoms with van der Waals surface area (Å²) in [5.41, 5.74) is 3.62. The van der Waals surface area contributed by atoms with E-state index in [-0.39, 0.29) is 5.75 Å². The number of nitrogens with zero attached hydrogens (tertiary/aromatic N) is 2. The molecule has 0 aliphatic carbocycles. The van der Waals surface area contributed by atoms with Crippen molar-refractivity contribution in [1.82, 2.24) is 15.2 Å². The molecule has 0 unspecified atom stereocenters. The van der Waals surface area contributed by atoms with Gasteiger partial charge in [-0.1, -0.05) is 23.9 Å². The Labute approximate surface area is 142 Å². The maximum Gasteiger partial charge on any atom is 0.313 e. The smallest absolute Gasteiger partial charge is 0.313 e. The monoisotopic (exact) mass is 343 g/mol. The number of carboxylic acids is 1. The quantitative estimate of drug-likeness (QED) is 0.487. The molecule has 0 saturated heterocycles. The molecule has 1 aromatic carbocycles. The van der Waals surface area contributed by atoms with Crippen LogP contribution >= 0.6 is 24.4 Å². The van der Waals surface area contributed by atoms with Crippen LogP contribution in [0.1, 0.15) is 0 Å². The van der Waals surface area contributed by atoms with Gasteiger partial charge in [-0.15, -0.1) is 12.6 Å². The predicted molar refractivity (Wildman–Crippen MR) is 92.9 cm³/mol. The zero-order valence-electron chi connectivity index (χ0n) is 11.9. The predicted octanol–water partition coefficient (Wildman–Crippen LogP) is 3.60. The van der Waals surface area contributed by atoms with E-state index < -0.39 is 5.97 Å². The van der Waals surface area contributed by atoms with E-state index >= 15 is 0 Å². The molecule has 3 aromatic rings. The van der Waals surface area contributed by atoms with Gasteiger partial charge in [0, 0.05) is 28.4 Å². The summed E-state index contributed by atoms with van der Waals surface area (Å²) in [4.78, 5) is 15.8. The van der Waals surface area contributed by atoms with Gasteiger partial charge in [0.05, 0.1) is 11.4 Å². The average Bonchev–Trinajstić information content (AvgIpc) is 2.98. The minimum absolute atomic E-state index is 0.0437. The highest BCUT2D eigenvalue weighted by Gasteiger charge is 2.18. The Hall–Kier alpha value is -2.25. The topological polar surface area (TPSA) is 78.9 Å². The standard InChI is InChI=1S/C16H13N3O2S2/c20-13(21)9-23-16-14(10-5-7-17-8-6-10)15(18-19-16)11-1-3-12(22)4-2-11/h1-8,22H,9H2,(H,18,19)(H,20,21). The summed E-state index contributed by atoms with van der Waals surface area (Å²) in [6.45, 7) is 0. The van der Waals surface area contributed by atoms with Crippen molar-refractivity contribution >= 4 is 30.4 Å². The molecule has 2 N–H and O–H groups in total. The average molecular weight is 343 g/mol. The number of hydrogen-bond acceptors (Lipinski definition) is 5. The van der Waals surface area contributed by atoms with Crippen molar-refractivity contribution in [3.05, 3.63) is 48.8 Å². The number of H-pyrrole nitrogens is 1. The molecule has 2 aromatic heterocycles. The van der Waals surface area contributed by atoms with Gasteiger partial charge < -0.3 is 5.11 Å². The third-order valence-electron chi connectivity index (χ3n) is 3.19. The third-order valence-corrected chi connectivity index (χ3v) is 4.45. The maximum atomic E-state index is 10.9. The molecular formula is C16H13N3O2S2. The number of thioether (sulfide) groups is 1. The second kappa shape index (κ2) is 6.89. The van der Waals surface area contributed by atoms with Crippen LogP contribution in [0.3, 0.4) is 0 Å². The Kier molecular flexibility index (Phi) is 4.68. The van der Waals surface area contributed by atoms with Crippen LogP contribution in [-0.2, 0) is 4.79 Å². The lowest BCUT2D eigenvalue weighted by Gasteiger charge is -2.06. The number of carbonyl (C=O) groups is 1. The molecule has 0 fully saturated rings. The SMILES string of the molecule is O=C(O)CSc1n[nH]c(-c2ccc(S)cc2)c1-c1ccncc1. The normalized spacial score (nSPS) is 10.7. The highest BCUT2D eigenvalue weighted by molar-refractivity contribution is 8.00. The molecule has 0 atom stereocenters. The summed E-state index contributed by atoms with van der Waals surface area (Å²) in [6.07, 6.45) is 3.41. The minimum atomic E-state index is -0.875. The van der Waals surface area contributed by atoms with Crippen LogP contribution in [0.2, 0.25) is 0 Å². The fourth-order valence-electron chi connectivity index (χ4n) is 2.18. The number of thiol groups is 1. The molecule has 116 valence electrons. The molecule has 0 aliphatic heterocycles. The van der Waals surface area contributed by atoms with Crippen molar-refractivity contribution < 1.29 is 9.90 Å². The van der Waals surface area contributed by atoms with Gasteiger partial charge in [0.2, 0.25) is 0 Å². The number of hydrogen-bond donors (Lipinski definition) is 3. The molecule has 0 spiro atoms. The number of nitrogens with one attached hydrogen (secondary N) is 1. The maximum absolute atomic E-state index is 10.9. The first-order valence-corrected chi connectivity index (χ1v) is 8.21. The van der Waals surface area contributed by atoms with Gasteiger partial charge >= 0.3 is 5.97 Å². The molecule has 3 rings (SSSR count). The van der Waals surface area contributed by atoms with Crippen LogP contribution < -0.4 is 0 Å². The van der Waals surface area contributed by atoms with Crippen molar-refractivity contribution in [2.24, 2.45) is 0 Å². The first-order valence-electron chi connectivity index (χ1n) is 6.78. The van der Waals surface area contributed by atoms with E-state index in [9.17, 15) is 4.79 Å². The summed E-state index contributed by atoms with van der Waals surface area (Å²) in [5, 5.41) is 16.9. The third kappa shape index (κ3) is 3.57. The second-order valence-electron chi connectivity index (χ2n) is 4.74. The summed E-state index contributed by atoms with van der Waals surface area (Å²) >= 11 is 5.49. The number of aromatic nitrogens is 3. The molecule has 0 aliphatic rings. The molecule has 0 bridgehead atoms. The van der Waals surface area contributed by atoms with Crippen molar-refractivity contribution in [1.29, 1.82) is 0 Å². The van der Waals surface area contributed by atoms with Crippen LogP contribution in [0.4, 0.5) is 0 Å². The van der Waals surface area contributed by atoms with E-state index in [0.29, 0.717) is 5.03 Å². The van der Waals surface area contributed by atoms with Gasteiger partial charge in [0.25, 0.3) is 0 Å². The number of pyridine rings is 1. The van der Waals surface area contributed by atoms with Crippen LogP contribution in [0.25, 0.3) is 22.4 Å². The fraction of sp³-hybridized carbons (Fsp3) is 0.0625. The molecular weight excluding hydrogens is 330 g/mol. The summed E-state index contributed by atoms with van der Waals surface area (Å²) in [5.74, 6) is -0.919. The summed E-state index contributed by atoms with van der Waals surface area (Å²) in [7, 11) is 0. The Morgan fingerprint density at radius 2 is 1.83 bits per heavy atom. The van der Waals surface area contributed by atoms with E-state index in [4.69, 9.17) is 5.11 Å². The van der Waals surface area contributed by atoms with Crippen LogP contribution in [0.5, 0.6) is 0 Å². The van der Waals surface area contributed by atoms with E-state index in [2.05, 4.69) is 27.8 Å². The molecule has 0 saturated carbocycles. The van der Waals surface area contributed by atoms with Gasteiger partial charge in [-0.2, -0.15) is 5.10 Å². The summed E-state index contributed by atoms with van der Waals surface area (Å²) < 4.78 is 0. The van der Waals surface area contributed by atoms with Crippen molar-refractivity contribution in [3.8, 4) is 22.4 Å². The van der Waals surface area contributed by atoms with Crippen molar-refractivity contribution in [2.75, 3.05) is 5.75 Å². The lowest BCUT2D eigenvalue weighted by molar-refractivity contribution is -0.133. The van der Waals surface area contributed by atoms with Gasteiger partial charge in [-0.25, -0.2) is 0 Å². The zero-order chi connectivity index (χ0) is 16.2. The molecule has 5 nitrogen and oxygen atoms in total. The Bertz CT molecular complexity index is 817. The van der Waals surface area contributed by atoms with E-state index in [1.807, 2.05) is 36.4 Å². The van der Waals surface area contributed by atoms with Gasteiger partial charge in [-0.05, 0) is 29.8 Å². The van der Waals surface area contributed by atoms with Crippen molar-refractivity contribution in [2.45, 2.75) is 9.92 Å². The number of carboxylic acid groups (broad SMARTS) is 1.